The van der Waals surface area contributed by atoms with Gasteiger partial charge in [0.1, 0.15) is 11.6 Å². The Morgan fingerprint density at radius 3 is 3.00 bits per heavy atom. The van der Waals surface area contributed by atoms with Crippen LogP contribution in [-0.4, -0.2) is 48.0 Å². The molecule has 0 saturated carbocycles. The highest BCUT2D eigenvalue weighted by atomic mass is 19.1. The summed E-state index contributed by atoms with van der Waals surface area (Å²) in [6.07, 6.45) is 0. The van der Waals surface area contributed by atoms with Gasteiger partial charge in [-0.3, -0.25) is 5.10 Å². The molecule has 0 spiro atoms. The van der Waals surface area contributed by atoms with Crippen molar-refractivity contribution in [2.24, 2.45) is 0 Å². The first-order valence-electron chi connectivity index (χ1n) is 6.92. The Balaban J connectivity index is 1.84. The minimum Gasteiger partial charge on any atom is -0.497 e. The molecule has 0 bridgehead atoms. The normalized spacial score (nSPS) is 18.8. The van der Waals surface area contributed by atoms with E-state index in [1.807, 2.05) is 0 Å². The standard InChI is InChI=1S/C14H18FN5O/c1-9-8-20(6-5-16-9)14-17-13(18-19-14)11-4-3-10(21-2)7-12(11)15/h3-4,7,9,16H,5-6,8H2,1-2H3,(H,17,18,19). The summed E-state index contributed by atoms with van der Waals surface area (Å²) in [5, 5.41) is 10.4. The molecule has 2 heterocycles. The number of halogens is 1. The van der Waals surface area contributed by atoms with Gasteiger partial charge in [0.25, 0.3) is 0 Å². The number of anilines is 1. The van der Waals surface area contributed by atoms with Crippen molar-refractivity contribution in [3.05, 3.63) is 24.0 Å². The van der Waals surface area contributed by atoms with Crippen LogP contribution in [0.25, 0.3) is 11.4 Å². The number of hydrogen-bond acceptors (Lipinski definition) is 5. The average Bonchev–Trinajstić information content (AvgIpc) is 2.96. The van der Waals surface area contributed by atoms with Crippen molar-refractivity contribution in [1.82, 2.24) is 20.5 Å². The molecule has 2 aromatic rings. The van der Waals surface area contributed by atoms with Crippen LogP contribution in [0.2, 0.25) is 0 Å². The Morgan fingerprint density at radius 1 is 1.43 bits per heavy atom. The number of rotatable bonds is 3. The highest BCUT2D eigenvalue weighted by Gasteiger charge is 2.20. The fourth-order valence-corrected chi connectivity index (χ4v) is 2.44. The summed E-state index contributed by atoms with van der Waals surface area (Å²) in [6, 6.07) is 5.06. The number of H-pyrrole nitrogens is 1. The zero-order chi connectivity index (χ0) is 14.8. The molecule has 1 atom stereocenters. The van der Waals surface area contributed by atoms with E-state index in [1.54, 1.807) is 12.1 Å². The number of ether oxygens (including phenoxy) is 1. The number of nitrogens with zero attached hydrogens (tertiary/aromatic N) is 3. The molecule has 3 rings (SSSR count). The summed E-state index contributed by atoms with van der Waals surface area (Å²) in [7, 11) is 1.51. The summed E-state index contributed by atoms with van der Waals surface area (Å²) in [4.78, 5) is 6.49. The Labute approximate surface area is 122 Å². The molecule has 1 aliphatic rings. The Hall–Kier alpha value is -2.15. The molecule has 2 N–H and O–H groups in total. The molecule has 1 fully saturated rings. The van der Waals surface area contributed by atoms with Crippen molar-refractivity contribution >= 4 is 5.95 Å². The maximum Gasteiger partial charge on any atom is 0.245 e. The van der Waals surface area contributed by atoms with Gasteiger partial charge in [0, 0.05) is 31.7 Å². The third-order valence-electron chi connectivity index (χ3n) is 3.56. The van der Waals surface area contributed by atoms with Crippen LogP contribution in [-0.2, 0) is 0 Å². The van der Waals surface area contributed by atoms with Crippen molar-refractivity contribution in [2.75, 3.05) is 31.6 Å². The van der Waals surface area contributed by atoms with E-state index in [0.717, 1.165) is 19.6 Å². The minimum atomic E-state index is -0.384. The monoisotopic (exact) mass is 291 g/mol. The van der Waals surface area contributed by atoms with Gasteiger partial charge in [-0.1, -0.05) is 0 Å². The second kappa shape index (κ2) is 5.69. The number of aromatic nitrogens is 3. The van der Waals surface area contributed by atoms with E-state index in [-0.39, 0.29) is 5.82 Å². The molecule has 0 radical (unpaired) electrons. The van der Waals surface area contributed by atoms with Gasteiger partial charge in [0.05, 0.1) is 12.7 Å². The van der Waals surface area contributed by atoms with Crippen LogP contribution in [0.5, 0.6) is 5.75 Å². The van der Waals surface area contributed by atoms with E-state index in [2.05, 4.69) is 32.3 Å². The van der Waals surface area contributed by atoms with Gasteiger partial charge >= 0.3 is 0 Å². The van der Waals surface area contributed by atoms with Gasteiger partial charge in [-0.05, 0) is 19.1 Å². The molecule has 1 aromatic carbocycles. The molecule has 6 nitrogen and oxygen atoms in total. The van der Waals surface area contributed by atoms with Crippen LogP contribution >= 0.6 is 0 Å². The van der Waals surface area contributed by atoms with Crippen LogP contribution in [0.1, 0.15) is 6.92 Å². The summed E-state index contributed by atoms with van der Waals surface area (Å²) in [6.45, 7) is 4.68. The summed E-state index contributed by atoms with van der Waals surface area (Å²) < 4.78 is 19.0. The lowest BCUT2D eigenvalue weighted by atomic mass is 10.2. The van der Waals surface area contributed by atoms with Gasteiger partial charge in [0.2, 0.25) is 5.95 Å². The van der Waals surface area contributed by atoms with Crippen LogP contribution in [0.4, 0.5) is 10.3 Å². The highest BCUT2D eigenvalue weighted by Crippen LogP contribution is 2.24. The molecule has 112 valence electrons. The van der Waals surface area contributed by atoms with Crippen LogP contribution in [0, 0.1) is 5.82 Å². The predicted octanol–water partition coefficient (Wildman–Crippen LogP) is 1.42. The van der Waals surface area contributed by atoms with Gasteiger partial charge < -0.3 is 15.0 Å². The van der Waals surface area contributed by atoms with Crippen molar-refractivity contribution < 1.29 is 9.13 Å². The van der Waals surface area contributed by atoms with Gasteiger partial charge in [-0.15, -0.1) is 5.10 Å². The van der Waals surface area contributed by atoms with Gasteiger partial charge in [-0.2, -0.15) is 4.98 Å². The number of benzene rings is 1. The Morgan fingerprint density at radius 2 is 2.29 bits per heavy atom. The van der Waals surface area contributed by atoms with Crippen LogP contribution in [0.15, 0.2) is 18.2 Å². The average molecular weight is 291 g/mol. The number of piperazine rings is 1. The lowest BCUT2D eigenvalue weighted by Gasteiger charge is -2.30. The van der Waals surface area contributed by atoms with E-state index in [4.69, 9.17) is 4.74 Å². The molecule has 21 heavy (non-hydrogen) atoms. The predicted molar refractivity (Wildman–Crippen MR) is 78.0 cm³/mol. The molecule has 1 saturated heterocycles. The molecule has 1 aliphatic heterocycles. The first-order chi connectivity index (χ1) is 10.2. The zero-order valence-electron chi connectivity index (χ0n) is 12.1. The summed E-state index contributed by atoms with van der Waals surface area (Å²) in [5.41, 5.74) is 0.387. The van der Waals surface area contributed by atoms with E-state index in [1.165, 1.54) is 13.2 Å². The molecule has 1 aromatic heterocycles. The zero-order valence-corrected chi connectivity index (χ0v) is 12.1. The Bertz CT molecular complexity index is 630. The third kappa shape index (κ3) is 2.82. The summed E-state index contributed by atoms with van der Waals surface area (Å²) >= 11 is 0. The van der Waals surface area contributed by atoms with Crippen molar-refractivity contribution in [3.63, 3.8) is 0 Å². The van der Waals surface area contributed by atoms with Crippen LogP contribution < -0.4 is 15.0 Å². The maximum atomic E-state index is 14.0. The fraction of sp³-hybridized carbons (Fsp3) is 0.429. The fourth-order valence-electron chi connectivity index (χ4n) is 2.44. The molecule has 7 heteroatoms. The number of methoxy groups -OCH3 is 1. The molecule has 0 amide bonds. The number of hydrogen-bond donors (Lipinski definition) is 2. The highest BCUT2D eigenvalue weighted by molar-refractivity contribution is 5.58. The smallest absolute Gasteiger partial charge is 0.245 e. The van der Waals surface area contributed by atoms with Crippen molar-refractivity contribution in [2.45, 2.75) is 13.0 Å². The van der Waals surface area contributed by atoms with Gasteiger partial charge in [0.15, 0.2) is 5.82 Å². The molecule has 0 aliphatic carbocycles. The first-order valence-corrected chi connectivity index (χ1v) is 6.92. The lowest BCUT2D eigenvalue weighted by molar-refractivity contribution is 0.411. The number of aromatic amines is 1. The van der Waals surface area contributed by atoms with Gasteiger partial charge in [-0.25, -0.2) is 4.39 Å². The van der Waals surface area contributed by atoms with Crippen LogP contribution in [0.3, 0.4) is 0 Å². The minimum absolute atomic E-state index is 0.384. The summed E-state index contributed by atoms with van der Waals surface area (Å²) in [5.74, 6) is 1.13. The van der Waals surface area contributed by atoms with E-state index in [9.17, 15) is 4.39 Å². The quantitative estimate of drug-likeness (QED) is 0.895. The van der Waals surface area contributed by atoms with E-state index < -0.39 is 0 Å². The first kappa shape index (κ1) is 13.8. The Kier molecular flexibility index (Phi) is 3.74. The molecular formula is C14H18FN5O. The number of nitrogens with one attached hydrogen (secondary N) is 2. The maximum absolute atomic E-state index is 14.0. The largest absolute Gasteiger partial charge is 0.497 e. The SMILES string of the molecule is COc1ccc(-c2nc(N3CCNC(C)C3)n[nH]2)c(F)c1. The van der Waals surface area contributed by atoms with Crippen molar-refractivity contribution in [3.8, 4) is 17.1 Å². The molecule has 1 unspecified atom stereocenters. The topological polar surface area (TPSA) is 66.1 Å². The third-order valence-corrected chi connectivity index (χ3v) is 3.56. The second-order valence-electron chi connectivity index (χ2n) is 5.13. The van der Waals surface area contributed by atoms with E-state index >= 15 is 0 Å². The van der Waals surface area contributed by atoms with Crippen molar-refractivity contribution in [1.29, 1.82) is 0 Å². The molecular weight excluding hydrogens is 273 g/mol. The van der Waals surface area contributed by atoms with E-state index in [0.29, 0.717) is 29.1 Å². The second-order valence-corrected chi connectivity index (χ2v) is 5.13. The lowest BCUT2D eigenvalue weighted by Crippen LogP contribution is -2.49.